The Balaban J connectivity index is 1.33. The third-order valence-corrected chi connectivity index (χ3v) is 7.23. The van der Waals surface area contributed by atoms with Gasteiger partial charge in [0.05, 0.1) is 16.3 Å². The molecule has 8 heteroatoms. The number of likely N-dealkylation sites (tertiary alicyclic amines) is 1. The van der Waals surface area contributed by atoms with Crippen molar-refractivity contribution in [3.05, 3.63) is 50.7 Å². The van der Waals surface area contributed by atoms with Gasteiger partial charge in [-0.05, 0) is 43.9 Å². The summed E-state index contributed by atoms with van der Waals surface area (Å²) in [6.45, 7) is 1.73. The zero-order chi connectivity index (χ0) is 21.1. The predicted molar refractivity (Wildman–Crippen MR) is 115 cm³/mol. The number of carbonyl (C=O) groups is 2. The maximum absolute atomic E-state index is 14.1. The van der Waals surface area contributed by atoms with Crippen molar-refractivity contribution < 1.29 is 14.0 Å². The summed E-state index contributed by atoms with van der Waals surface area (Å²) < 4.78 is 14.1. The van der Waals surface area contributed by atoms with E-state index in [1.807, 2.05) is 5.38 Å². The van der Waals surface area contributed by atoms with Gasteiger partial charge in [-0.1, -0.05) is 18.0 Å². The second-order valence-corrected chi connectivity index (χ2v) is 9.39. The third kappa shape index (κ3) is 4.83. The number of hydrogen-bond donors (Lipinski definition) is 1. The Kier molecular flexibility index (Phi) is 6.68. The summed E-state index contributed by atoms with van der Waals surface area (Å²) in [6, 6.07) is 4.06. The van der Waals surface area contributed by atoms with Crippen LogP contribution in [0.1, 0.15) is 59.1 Å². The van der Waals surface area contributed by atoms with Gasteiger partial charge in [0, 0.05) is 48.3 Å². The highest BCUT2D eigenvalue weighted by molar-refractivity contribution is 7.09. The molecule has 4 rings (SSSR count). The molecule has 0 spiro atoms. The maximum atomic E-state index is 14.1. The Morgan fingerprint density at radius 1 is 1.27 bits per heavy atom. The summed E-state index contributed by atoms with van der Waals surface area (Å²) in [6.07, 6.45) is 5.67. The van der Waals surface area contributed by atoms with Crippen molar-refractivity contribution in [1.82, 2.24) is 15.2 Å². The van der Waals surface area contributed by atoms with E-state index >= 15 is 0 Å². The Hall–Kier alpha value is -1.99. The van der Waals surface area contributed by atoms with Gasteiger partial charge in [-0.3, -0.25) is 9.59 Å². The number of nitrogens with one attached hydrogen (secondary N) is 1. The number of benzene rings is 1. The number of nitrogens with zero attached hydrogens (tertiary/aromatic N) is 2. The van der Waals surface area contributed by atoms with Crippen LogP contribution in [0.5, 0.6) is 0 Å². The number of piperidine rings is 1. The van der Waals surface area contributed by atoms with Gasteiger partial charge in [-0.25, -0.2) is 9.37 Å². The summed E-state index contributed by atoms with van der Waals surface area (Å²) in [4.78, 5) is 31.2. The highest BCUT2D eigenvalue weighted by Crippen LogP contribution is 2.31. The van der Waals surface area contributed by atoms with Crippen LogP contribution in [0, 0.1) is 11.7 Å². The number of hydrogen-bond acceptors (Lipinski definition) is 4. The first-order chi connectivity index (χ1) is 14.5. The van der Waals surface area contributed by atoms with Crippen LogP contribution in [0.25, 0.3) is 0 Å². The van der Waals surface area contributed by atoms with E-state index in [1.54, 1.807) is 16.2 Å². The van der Waals surface area contributed by atoms with Gasteiger partial charge in [0.1, 0.15) is 5.82 Å². The lowest BCUT2D eigenvalue weighted by Crippen LogP contribution is -2.39. The van der Waals surface area contributed by atoms with E-state index in [-0.39, 0.29) is 29.2 Å². The molecule has 2 aromatic rings. The number of halogens is 2. The highest BCUT2D eigenvalue weighted by atomic mass is 35.5. The number of carbonyl (C=O) groups excluding carboxylic acids is 2. The van der Waals surface area contributed by atoms with Gasteiger partial charge in [0.25, 0.3) is 5.91 Å². The van der Waals surface area contributed by atoms with Crippen molar-refractivity contribution in [2.75, 3.05) is 19.6 Å². The third-order valence-electron chi connectivity index (χ3n) is 5.94. The molecule has 2 fully saturated rings. The summed E-state index contributed by atoms with van der Waals surface area (Å²) in [5.41, 5.74) is 0.985. The van der Waals surface area contributed by atoms with E-state index in [0.717, 1.165) is 42.8 Å². The molecule has 5 nitrogen and oxygen atoms in total. The molecule has 2 heterocycles. The van der Waals surface area contributed by atoms with Gasteiger partial charge in [-0.2, -0.15) is 0 Å². The van der Waals surface area contributed by atoms with Crippen molar-refractivity contribution in [2.45, 2.75) is 44.4 Å². The zero-order valence-electron chi connectivity index (χ0n) is 16.7. The van der Waals surface area contributed by atoms with E-state index in [4.69, 9.17) is 16.6 Å². The molecule has 1 atom stereocenters. The predicted octanol–water partition coefficient (Wildman–Crippen LogP) is 4.41. The van der Waals surface area contributed by atoms with E-state index in [0.29, 0.717) is 31.1 Å². The van der Waals surface area contributed by atoms with Crippen molar-refractivity contribution in [3.8, 4) is 0 Å². The van der Waals surface area contributed by atoms with Crippen LogP contribution in [-0.4, -0.2) is 41.3 Å². The molecule has 30 heavy (non-hydrogen) atoms. The molecule has 0 bridgehead atoms. The van der Waals surface area contributed by atoms with E-state index in [1.165, 1.54) is 18.2 Å². The minimum absolute atomic E-state index is 0.0187. The van der Waals surface area contributed by atoms with E-state index < -0.39 is 5.82 Å². The molecule has 1 unspecified atom stereocenters. The van der Waals surface area contributed by atoms with Crippen molar-refractivity contribution in [1.29, 1.82) is 0 Å². The molecule has 1 aromatic carbocycles. The first-order valence-electron chi connectivity index (χ1n) is 10.5. The lowest BCUT2D eigenvalue weighted by Gasteiger charge is -2.32. The summed E-state index contributed by atoms with van der Waals surface area (Å²) >= 11 is 7.54. The molecule has 0 radical (unpaired) electrons. The van der Waals surface area contributed by atoms with Crippen LogP contribution >= 0.6 is 22.9 Å². The second kappa shape index (κ2) is 9.43. The lowest BCUT2D eigenvalue weighted by atomic mass is 9.85. The van der Waals surface area contributed by atoms with Gasteiger partial charge < -0.3 is 10.2 Å². The fourth-order valence-electron chi connectivity index (χ4n) is 3.95. The van der Waals surface area contributed by atoms with Gasteiger partial charge in [-0.15, -0.1) is 11.3 Å². The minimum Gasteiger partial charge on any atom is -0.355 e. The number of thiazole rings is 1. The largest absolute Gasteiger partial charge is 0.355 e. The van der Waals surface area contributed by atoms with Crippen molar-refractivity contribution in [2.24, 2.45) is 5.92 Å². The molecular formula is C22H25ClFN3O2S. The first-order valence-corrected chi connectivity index (χ1v) is 11.7. The Labute approximate surface area is 184 Å². The topological polar surface area (TPSA) is 62.3 Å². The van der Waals surface area contributed by atoms with Gasteiger partial charge in [0.15, 0.2) is 0 Å². The fourth-order valence-corrected chi connectivity index (χ4v) is 5.10. The molecule has 1 N–H and O–H groups in total. The van der Waals surface area contributed by atoms with Crippen LogP contribution < -0.4 is 5.32 Å². The molecule has 1 aliphatic heterocycles. The molecule has 160 valence electrons. The normalized spacial score (nSPS) is 19.4. The average molecular weight is 450 g/mol. The van der Waals surface area contributed by atoms with Crippen molar-refractivity contribution >= 4 is 34.8 Å². The Bertz CT molecular complexity index is 931. The number of aromatic nitrogens is 1. The Morgan fingerprint density at radius 2 is 2.10 bits per heavy atom. The molecular weight excluding hydrogens is 425 g/mol. The fraction of sp³-hybridized carbons (Fsp3) is 0.500. The molecule has 1 saturated heterocycles. The second-order valence-electron chi connectivity index (χ2n) is 8.06. The van der Waals surface area contributed by atoms with Crippen molar-refractivity contribution in [3.63, 3.8) is 0 Å². The van der Waals surface area contributed by atoms with Crippen LogP contribution in [0.3, 0.4) is 0 Å². The van der Waals surface area contributed by atoms with Crippen LogP contribution in [0.15, 0.2) is 23.6 Å². The van der Waals surface area contributed by atoms with Gasteiger partial charge in [0.2, 0.25) is 5.91 Å². The molecule has 1 aliphatic carbocycles. The average Bonchev–Trinajstić information content (AvgIpc) is 3.17. The number of amides is 2. The highest BCUT2D eigenvalue weighted by Gasteiger charge is 2.29. The Morgan fingerprint density at radius 3 is 2.87 bits per heavy atom. The summed E-state index contributed by atoms with van der Waals surface area (Å²) in [7, 11) is 0. The summed E-state index contributed by atoms with van der Waals surface area (Å²) in [5.74, 6) is -0.368. The van der Waals surface area contributed by atoms with Crippen LogP contribution in [0.2, 0.25) is 5.02 Å². The maximum Gasteiger partial charge on any atom is 0.256 e. The standard InChI is InChI=1S/C22H25ClFN3O2S/c23-16-6-7-19(24)18(11-16)22(29)27-10-2-5-15(12-27)21-26-17(13-30-21)8-9-25-20(28)14-3-1-4-14/h6-7,11,13-15H,1-5,8-10,12H2,(H,25,28). The molecule has 2 amide bonds. The quantitative estimate of drug-likeness (QED) is 0.710. The smallest absolute Gasteiger partial charge is 0.256 e. The van der Waals surface area contributed by atoms with Gasteiger partial charge >= 0.3 is 0 Å². The molecule has 2 aliphatic rings. The first kappa shape index (κ1) is 21.2. The lowest BCUT2D eigenvalue weighted by molar-refractivity contribution is -0.127. The molecule has 1 aromatic heterocycles. The van der Waals surface area contributed by atoms with Crippen LogP contribution in [0.4, 0.5) is 4.39 Å². The summed E-state index contributed by atoms with van der Waals surface area (Å²) in [5, 5.41) is 6.38. The molecule has 1 saturated carbocycles. The monoisotopic (exact) mass is 449 g/mol. The SMILES string of the molecule is O=C(NCCc1csc(C2CCCN(C(=O)c3cc(Cl)ccc3F)C2)n1)C1CCC1. The van der Waals surface area contributed by atoms with E-state index in [9.17, 15) is 14.0 Å². The zero-order valence-corrected chi connectivity index (χ0v) is 18.3. The van der Waals surface area contributed by atoms with Crippen LogP contribution in [-0.2, 0) is 11.2 Å². The van der Waals surface area contributed by atoms with E-state index in [2.05, 4.69) is 5.32 Å². The minimum atomic E-state index is -0.549. The number of rotatable bonds is 6.